The fraction of sp³-hybridized carbons (Fsp3) is 0.214. The average molecular weight is 227 g/mol. The predicted octanol–water partition coefficient (Wildman–Crippen LogP) is 2.64. The topological polar surface area (TPSA) is 42.4 Å². The first-order valence-electron chi connectivity index (χ1n) is 5.68. The number of nitrogens with zero attached hydrogens (tertiary/aromatic N) is 1. The van der Waals surface area contributed by atoms with Crippen molar-refractivity contribution in [2.45, 2.75) is 18.6 Å². The molecule has 1 unspecified atom stereocenters. The second kappa shape index (κ2) is 4.18. The van der Waals surface area contributed by atoms with Gasteiger partial charge in [-0.25, -0.2) is 0 Å². The number of fused-ring (bicyclic) bond motifs is 1. The minimum absolute atomic E-state index is 0.117. The van der Waals surface area contributed by atoms with Gasteiger partial charge in [0.05, 0.1) is 6.10 Å². The van der Waals surface area contributed by atoms with Crippen molar-refractivity contribution in [3.63, 3.8) is 0 Å². The Morgan fingerprint density at radius 1 is 1.18 bits per heavy atom. The lowest BCUT2D eigenvalue weighted by Gasteiger charge is -2.29. The molecule has 0 saturated heterocycles. The first-order valence-corrected chi connectivity index (χ1v) is 5.68. The zero-order valence-electron chi connectivity index (χ0n) is 9.28. The zero-order valence-corrected chi connectivity index (χ0v) is 9.28. The molecule has 1 N–H and O–H groups in total. The standard InChI is InChI=1S/C14H13NO2/c16-12-8-14(10-4-3-7-15-9-10)17-13-6-2-1-5-11(12)13/h1-7,9,12,14,16H,8H2/t12-,14?/m1/s1. The van der Waals surface area contributed by atoms with Crippen molar-refractivity contribution in [3.05, 3.63) is 59.9 Å². The Labute approximate surface area is 99.7 Å². The van der Waals surface area contributed by atoms with Gasteiger partial charge in [0.1, 0.15) is 11.9 Å². The molecule has 0 spiro atoms. The number of pyridine rings is 1. The highest BCUT2D eigenvalue weighted by molar-refractivity contribution is 5.38. The Morgan fingerprint density at radius 3 is 2.88 bits per heavy atom. The largest absolute Gasteiger partial charge is 0.485 e. The third-order valence-corrected chi connectivity index (χ3v) is 3.04. The SMILES string of the molecule is O[C@@H]1CC(c2cccnc2)Oc2ccccc21. The lowest BCUT2D eigenvalue weighted by atomic mass is 9.96. The molecule has 1 aromatic carbocycles. The highest BCUT2D eigenvalue weighted by Gasteiger charge is 2.27. The maximum Gasteiger partial charge on any atom is 0.128 e. The molecule has 2 atom stereocenters. The van der Waals surface area contributed by atoms with E-state index >= 15 is 0 Å². The van der Waals surface area contributed by atoms with Gasteiger partial charge < -0.3 is 9.84 Å². The summed E-state index contributed by atoms with van der Waals surface area (Å²) < 4.78 is 5.89. The van der Waals surface area contributed by atoms with E-state index < -0.39 is 6.10 Å². The van der Waals surface area contributed by atoms with E-state index in [9.17, 15) is 5.11 Å². The van der Waals surface area contributed by atoms with E-state index in [2.05, 4.69) is 4.98 Å². The van der Waals surface area contributed by atoms with Gasteiger partial charge in [0.2, 0.25) is 0 Å². The van der Waals surface area contributed by atoms with Crippen LogP contribution in [0, 0.1) is 0 Å². The molecule has 0 amide bonds. The first kappa shape index (κ1) is 10.3. The van der Waals surface area contributed by atoms with Crippen LogP contribution in [-0.4, -0.2) is 10.1 Å². The summed E-state index contributed by atoms with van der Waals surface area (Å²) in [4.78, 5) is 4.08. The van der Waals surface area contributed by atoms with Gasteiger partial charge in [0, 0.05) is 29.9 Å². The molecule has 1 aliphatic rings. The molecule has 1 aromatic heterocycles. The number of hydrogen-bond acceptors (Lipinski definition) is 3. The molecule has 3 heteroatoms. The van der Waals surface area contributed by atoms with Crippen molar-refractivity contribution >= 4 is 0 Å². The third kappa shape index (κ3) is 1.89. The summed E-state index contributed by atoms with van der Waals surface area (Å²) in [5, 5.41) is 10.1. The molecule has 2 aromatic rings. The van der Waals surface area contributed by atoms with Crippen LogP contribution in [0.3, 0.4) is 0 Å². The second-order valence-corrected chi connectivity index (χ2v) is 4.18. The van der Waals surface area contributed by atoms with Crippen molar-refractivity contribution in [2.24, 2.45) is 0 Å². The van der Waals surface area contributed by atoms with E-state index in [-0.39, 0.29) is 6.10 Å². The molecule has 2 heterocycles. The highest BCUT2D eigenvalue weighted by Crippen LogP contribution is 2.40. The minimum atomic E-state index is -0.467. The molecule has 0 saturated carbocycles. The molecular formula is C14H13NO2. The monoisotopic (exact) mass is 227 g/mol. The lowest BCUT2D eigenvalue weighted by Crippen LogP contribution is -2.18. The number of hydrogen-bond donors (Lipinski definition) is 1. The predicted molar refractivity (Wildman–Crippen MR) is 63.6 cm³/mol. The van der Waals surface area contributed by atoms with Gasteiger partial charge in [-0.1, -0.05) is 24.3 Å². The van der Waals surface area contributed by atoms with Crippen LogP contribution in [-0.2, 0) is 0 Å². The molecule has 3 rings (SSSR count). The Morgan fingerprint density at radius 2 is 2.06 bits per heavy atom. The lowest BCUT2D eigenvalue weighted by molar-refractivity contribution is 0.0656. The van der Waals surface area contributed by atoms with Crippen LogP contribution in [0.25, 0.3) is 0 Å². The van der Waals surface area contributed by atoms with E-state index in [1.54, 1.807) is 12.4 Å². The van der Waals surface area contributed by atoms with Crippen LogP contribution in [0.15, 0.2) is 48.8 Å². The van der Waals surface area contributed by atoms with Crippen LogP contribution < -0.4 is 4.74 Å². The molecule has 0 aliphatic carbocycles. The van der Waals surface area contributed by atoms with Crippen LogP contribution in [0.1, 0.15) is 29.8 Å². The van der Waals surface area contributed by atoms with Gasteiger partial charge >= 0.3 is 0 Å². The van der Waals surface area contributed by atoms with Crippen molar-refractivity contribution in [1.82, 2.24) is 4.98 Å². The summed E-state index contributed by atoms with van der Waals surface area (Å²) in [5.41, 5.74) is 1.87. The molecule has 0 radical (unpaired) electrons. The molecular weight excluding hydrogens is 214 g/mol. The van der Waals surface area contributed by atoms with E-state index in [1.807, 2.05) is 36.4 Å². The number of aliphatic hydroxyl groups excluding tert-OH is 1. The average Bonchev–Trinajstić information content (AvgIpc) is 2.40. The number of aromatic nitrogens is 1. The third-order valence-electron chi connectivity index (χ3n) is 3.04. The Hall–Kier alpha value is -1.87. The number of rotatable bonds is 1. The van der Waals surface area contributed by atoms with Crippen molar-refractivity contribution in [2.75, 3.05) is 0 Å². The summed E-state index contributed by atoms with van der Waals surface area (Å²) >= 11 is 0. The summed E-state index contributed by atoms with van der Waals surface area (Å²) in [5.74, 6) is 0.764. The van der Waals surface area contributed by atoms with Crippen LogP contribution >= 0.6 is 0 Å². The van der Waals surface area contributed by atoms with Crippen LogP contribution in [0.2, 0.25) is 0 Å². The van der Waals surface area contributed by atoms with Crippen molar-refractivity contribution < 1.29 is 9.84 Å². The fourth-order valence-corrected chi connectivity index (χ4v) is 2.16. The molecule has 1 aliphatic heterocycles. The Balaban J connectivity index is 1.94. The van der Waals surface area contributed by atoms with E-state index in [1.165, 1.54) is 0 Å². The normalized spacial score (nSPS) is 22.6. The van der Waals surface area contributed by atoms with Crippen LogP contribution in [0.4, 0.5) is 0 Å². The quantitative estimate of drug-likeness (QED) is 0.814. The number of para-hydroxylation sites is 1. The Bertz CT molecular complexity index is 513. The number of ether oxygens (including phenoxy) is 1. The summed E-state index contributed by atoms with van der Waals surface area (Å²) in [7, 11) is 0. The summed E-state index contributed by atoms with van der Waals surface area (Å²) in [6.45, 7) is 0. The molecule has 0 bridgehead atoms. The van der Waals surface area contributed by atoms with E-state index in [4.69, 9.17) is 4.74 Å². The van der Waals surface area contributed by atoms with E-state index in [0.717, 1.165) is 16.9 Å². The second-order valence-electron chi connectivity index (χ2n) is 4.18. The van der Waals surface area contributed by atoms with Gasteiger partial charge in [-0.3, -0.25) is 4.98 Å². The molecule has 17 heavy (non-hydrogen) atoms. The smallest absolute Gasteiger partial charge is 0.128 e. The zero-order chi connectivity index (χ0) is 11.7. The fourth-order valence-electron chi connectivity index (χ4n) is 2.16. The number of benzene rings is 1. The summed E-state index contributed by atoms with van der Waals surface area (Å²) in [6.07, 6.45) is 3.50. The van der Waals surface area contributed by atoms with Crippen LogP contribution in [0.5, 0.6) is 5.75 Å². The highest BCUT2D eigenvalue weighted by atomic mass is 16.5. The van der Waals surface area contributed by atoms with Gasteiger partial charge in [0.25, 0.3) is 0 Å². The van der Waals surface area contributed by atoms with Gasteiger partial charge in [0.15, 0.2) is 0 Å². The van der Waals surface area contributed by atoms with Gasteiger partial charge in [-0.15, -0.1) is 0 Å². The molecule has 0 fully saturated rings. The summed E-state index contributed by atoms with van der Waals surface area (Å²) in [6, 6.07) is 11.5. The number of aliphatic hydroxyl groups is 1. The minimum Gasteiger partial charge on any atom is -0.485 e. The maximum absolute atomic E-state index is 10.1. The van der Waals surface area contributed by atoms with Crippen molar-refractivity contribution in [3.8, 4) is 5.75 Å². The van der Waals surface area contributed by atoms with Crippen molar-refractivity contribution in [1.29, 1.82) is 0 Å². The molecule has 3 nitrogen and oxygen atoms in total. The Kier molecular flexibility index (Phi) is 2.53. The first-order chi connectivity index (χ1) is 8.34. The molecule has 86 valence electrons. The maximum atomic E-state index is 10.1. The van der Waals surface area contributed by atoms with E-state index in [0.29, 0.717) is 6.42 Å². The van der Waals surface area contributed by atoms with Gasteiger partial charge in [-0.05, 0) is 12.1 Å². The van der Waals surface area contributed by atoms with Gasteiger partial charge in [-0.2, -0.15) is 0 Å².